The molecule has 1 aromatic carbocycles. The molecule has 1 amide bonds. The molecule has 0 aliphatic carbocycles. The van der Waals surface area contributed by atoms with Crippen LogP contribution in [0.3, 0.4) is 0 Å². The third-order valence-electron chi connectivity index (χ3n) is 3.33. The number of amides is 1. The van der Waals surface area contributed by atoms with E-state index in [1.165, 1.54) is 0 Å². The summed E-state index contributed by atoms with van der Waals surface area (Å²) in [6.45, 7) is 1.41. The van der Waals surface area contributed by atoms with Crippen molar-refractivity contribution in [2.75, 3.05) is 13.7 Å². The highest BCUT2D eigenvalue weighted by Gasteiger charge is 2.23. The topological polar surface area (TPSA) is 55.6 Å². The molecule has 1 atom stereocenters. The number of nitrogens with zero attached hydrogens (tertiary/aromatic N) is 1. The summed E-state index contributed by atoms with van der Waals surface area (Å²) in [6, 6.07) is 7.48. The number of benzene rings is 1. The van der Waals surface area contributed by atoms with Gasteiger partial charge < -0.3 is 15.4 Å². The molecule has 1 aromatic rings. The van der Waals surface area contributed by atoms with Gasteiger partial charge in [-0.05, 0) is 37.0 Å². The molecule has 98 valence electrons. The van der Waals surface area contributed by atoms with Crippen molar-refractivity contribution in [1.82, 2.24) is 4.90 Å². The van der Waals surface area contributed by atoms with E-state index in [-0.39, 0.29) is 11.9 Å². The van der Waals surface area contributed by atoms with Crippen molar-refractivity contribution in [3.63, 3.8) is 0 Å². The van der Waals surface area contributed by atoms with Gasteiger partial charge in [0.15, 0.2) is 0 Å². The van der Waals surface area contributed by atoms with Crippen molar-refractivity contribution >= 4 is 5.91 Å². The van der Waals surface area contributed by atoms with E-state index in [4.69, 9.17) is 10.5 Å². The van der Waals surface area contributed by atoms with E-state index in [1.54, 1.807) is 7.11 Å². The van der Waals surface area contributed by atoms with Crippen LogP contribution in [0.1, 0.15) is 24.8 Å². The normalized spacial score (nSPS) is 20.7. The zero-order valence-corrected chi connectivity index (χ0v) is 10.8. The van der Waals surface area contributed by atoms with Crippen LogP contribution in [-0.2, 0) is 11.3 Å². The van der Waals surface area contributed by atoms with Crippen molar-refractivity contribution in [2.45, 2.75) is 31.8 Å². The average molecular weight is 248 g/mol. The Balaban J connectivity index is 2.08. The molecule has 1 heterocycles. The Bertz CT molecular complexity index is 420. The van der Waals surface area contributed by atoms with Crippen LogP contribution < -0.4 is 10.5 Å². The fraction of sp³-hybridized carbons (Fsp3) is 0.500. The molecule has 4 nitrogen and oxygen atoms in total. The summed E-state index contributed by atoms with van der Waals surface area (Å²) < 4.78 is 5.19. The van der Waals surface area contributed by atoms with Crippen LogP contribution in [-0.4, -0.2) is 30.5 Å². The van der Waals surface area contributed by atoms with Gasteiger partial charge >= 0.3 is 0 Å². The predicted octanol–water partition coefficient (Wildman–Crippen LogP) is 1.53. The van der Waals surface area contributed by atoms with Crippen molar-refractivity contribution in [3.05, 3.63) is 29.8 Å². The van der Waals surface area contributed by atoms with Gasteiger partial charge in [-0.15, -0.1) is 0 Å². The minimum absolute atomic E-state index is 0.0651. The minimum atomic E-state index is -0.335. The lowest BCUT2D eigenvalue weighted by Crippen LogP contribution is -2.41. The molecule has 18 heavy (non-hydrogen) atoms. The Kier molecular flexibility index (Phi) is 4.20. The summed E-state index contributed by atoms with van der Waals surface area (Å²) in [4.78, 5) is 13.9. The van der Waals surface area contributed by atoms with Gasteiger partial charge in [0.1, 0.15) is 5.75 Å². The maximum absolute atomic E-state index is 12.1. The first kappa shape index (κ1) is 12.9. The summed E-state index contributed by atoms with van der Waals surface area (Å²) in [6.07, 6.45) is 2.86. The van der Waals surface area contributed by atoms with Crippen LogP contribution in [0.4, 0.5) is 0 Å². The molecular formula is C14H20N2O2. The van der Waals surface area contributed by atoms with Crippen LogP contribution in [0.15, 0.2) is 24.3 Å². The van der Waals surface area contributed by atoms with Gasteiger partial charge in [0.2, 0.25) is 5.91 Å². The smallest absolute Gasteiger partial charge is 0.239 e. The Morgan fingerprint density at radius 1 is 1.44 bits per heavy atom. The van der Waals surface area contributed by atoms with Gasteiger partial charge in [-0.3, -0.25) is 4.79 Å². The van der Waals surface area contributed by atoms with Crippen molar-refractivity contribution in [3.8, 4) is 5.75 Å². The zero-order valence-electron chi connectivity index (χ0n) is 10.8. The summed E-state index contributed by atoms with van der Waals surface area (Å²) in [7, 11) is 1.64. The molecule has 4 heteroatoms. The molecule has 0 aromatic heterocycles. The van der Waals surface area contributed by atoms with Crippen molar-refractivity contribution < 1.29 is 9.53 Å². The largest absolute Gasteiger partial charge is 0.497 e. The lowest BCUT2D eigenvalue weighted by Gasteiger charge is -2.22. The first-order valence-electron chi connectivity index (χ1n) is 6.38. The van der Waals surface area contributed by atoms with Crippen LogP contribution in [0.2, 0.25) is 0 Å². The van der Waals surface area contributed by atoms with Crippen LogP contribution in [0.5, 0.6) is 5.75 Å². The molecule has 0 unspecified atom stereocenters. The number of nitrogens with two attached hydrogens (primary N) is 1. The fourth-order valence-electron chi connectivity index (χ4n) is 2.28. The summed E-state index contributed by atoms with van der Waals surface area (Å²) >= 11 is 0. The van der Waals surface area contributed by atoms with E-state index in [1.807, 2.05) is 29.2 Å². The first-order valence-corrected chi connectivity index (χ1v) is 6.38. The number of likely N-dealkylation sites (tertiary alicyclic amines) is 1. The van der Waals surface area contributed by atoms with Crippen molar-refractivity contribution in [1.29, 1.82) is 0 Å². The molecule has 1 fully saturated rings. The van der Waals surface area contributed by atoms with Crippen LogP contribution in [0.25, 0.3) is 0 Å². The standard InChI is InChI=1S/C14H20N2O2/c1-18-12-6-4-5-11(9-12)10-16-8-3-2-7-13(15)14(16)17/h4-6,9,13H,2-3,7-8,10,15H2,1H3/t13-/m0/s1. The van der Waals surface area contributed by atoms with Crippen LogP contribution in [0, 0.1) is 0 Å². The Morgan fingerprint density at radius 3 is 3.06 bits per heavy atom. The number of rotatable bonds is 3. The van der Waals surface area contributed by atoms with Gasteiger partial charge in [-0.1, -0.05) is 12.1 Å². The predicted molar refractivity (Wildman–Crippen MR) is 70.2 cm³/mol. The highest BCUT2D eigenvalue weighted by atomic mass is 16.5. The third kappa shape index (κ3) is 3.01. The van der Waals surface area contributed by atoms with Gasteiger partial charge in [-0.2, -0.15) is 0 Å². The molecule has 1 aliphatic heterocycles. The molecule has 0 radical (unpaired) electrons. The SMILES string of the molecule is COc1cccc(CN2CCCC[C@H](N)C2=O)c1. The minimum Gasteiger partial charge on any atom is -0.497 e. The molecule has 1 aliphatic rings. The van der Waals surface area contributed by atoms with E-state index < -0.39 is 0 Å². The lowest BCUT2D eigenvalue weighted by molar-refractivity contribution is -0.132. The summed E-state index contributed by atoms with van der Waals surface area (Å²) in [5.74, 6) is 0.884. The quantitative estimate of drug-likeness (QED) is 0.882. The number of carbonyl (C=O) groups is 1. The molecule has 0 bridgehead atoms. The number of carbonyl (C=O) groups excluding carboxylic acids is 1. The van der Waals surface area contributed by atoms with E-state index >= 15 is 0 Å². The summed E-state index contributed by atoms with van der Waals surface area (Å²) in [5.41, 5.74) is 6.94. The molecule has 0 saturated carbocycles. The van der Waals surface area contributed by atoms with E-state index in [0.29, 0.717) is 6.54 Å². The second-order valence-electron chi connectivity index (χ2n) is 4.71. The van der Waals surface area contributed by atoms with Gasteiger partial charge in [0.05, 0.1) is 13.2 Å². The number of methoxy groups -OCH3 is 1. The highest BCUT2D eigenvalue weighted by molar-refractivity contribution is 5.81. The highest BCUT2D eigenvalue weighted by Crippen LogP contribution is 2.17. The van der Waals surface area contributed by atoms with E-state index in [0.717, 1.165) is 37.1 Å². The van der Waals surface area contributed by atoms with Crippen LogP contribution >= 0.6 is 0 Å². The zero-order chi connectivity index (χ0) is 13.0. The molecular weight excluding hydrogens is 228 g/mol. The van der Waals surface area contributed by atoms with E-state index in [2.05, 4.69) is 0 Å². The van der Waals surface area contributed by atoms with Crippen molar-refractivity contribution in [2.24, 2.45) is 5.73 Å². The average Bonchev–Trinajstić information content (AvgIpc) is 2.55. The molecule has 2 N–H and O–H groups in total. The third-order valence-corrected chi connectivity index (χ3v) is 3.33. The number of hydrogen-bond donors (Lipinski definition) is 1. The lowest BCUT2D eigenvalue weighted by atomic mass is 10.1. The van der Waals surface area contributed by atoms with Gasteiger partial charge in [-0.25, -0.2) is 0 Å². The number of ether oxygens (including phenoxy) is 1. The molecule has 0 spiro atoms. The molecule has 2 rings (SSSR count). The second kappa shape index (κ2) is 5.87. The fourth-order valence-corrected chi connectivity index (χ4v) is 2.28. The monoisotopic (exact) mass is 248 g/mol. The van der Waals surface area contributed by atoms with Gasteiger partial charge in [0, 0.05) is 13.1 Å². The second-order valence-corrected chi connectivity index (χ2v) is 4.71. The van der Waals surface area contributed by atoms with Gasteiger partial charge in [0.25, 0.3) is 0 Å². The summed E-state index contributed by atoms with van der Waals surface area (Å²) in [5, 5.41) is 0. The maximum atomic E-state index is 12.1. The first-order chi connectivity index (χ1) is 8.70. The Labute approximate surface area is 108 Å². The van der Waals surface area contributed by atoms with E-state index in [9.17, 15) is 4.79 Å². The Morgan fingerprint density at radius 2 is 2.28 bits per heavy atom. The maximum Gasteiger partial charge on any atom is 0.239 e. The Hall–Kier alpha value is -1.55. The number of hydrogen-bond acceptors (Lipinski definition) is 3. The molecule has 1 saturated heterocycles.